The number of hydrogen-bond acceptors (Lipinski definition) is 10. The van der Waals surface area contributed by atoms with Crippen molar-refractivity contribution in [3.05, 3.63) is 0 Å². The Morgan fingerprint density at radius 1 is 1.04 bits per heavy atom. The van der Waals surface area contributed by atoms with Crippen LogP contribution in [0.1, 0.15) is 34.1 Å². The third-order valence-corrected chi connectivity index (χ3v) is 7.50. The molecule has 2 aliphatic heterocycles. The quantitative estimate of drug-likeness (QED) is 0.382. The minimum atomic E-state index is -4.08. The largest absolute Gasteiger partial charge is 0.465 e. The molecule has 2 saturated heterocycles. The second kappa shape index (κ2) is 8.15. The summed E-state index contributed by atoms with van der Waals surface area (Å²) in [6.45, 7) is 6.89. The molecule has 10 nitrogen and oxygen atoms in total. The molecule has 0 spiro atoms. The van der Waals surface area contributed by atoms with Gasteiger partial charge >= 0.3 is 5.97 Å². The highest BCUT2D eigenvalue weighted by Gasteiger charge is 2.46. The molecule has 164 valence electrons. The zero-order valence-corrected chi connectivity index (χ0v) is 18.0. The van der Waals surface area contributed by atoms with Crippen molar-refractivity contribution in [2.24, 2.45) is 16.7 Å². The summed E-state index contributed by atoms with van der Waals surface area (Å²) in [4.78, 5) is 11.7. The molecule has 0 aliphatic carbocycles. The lowest BCUT2D eigenvalue weighted by atomic mass is 9.82. The highest BCUT2D eigenvalue weighted by Crippen LogP contribution is 2.35. The van der Waals surface area contributed by atoms with Gasteiger partial charge in [-0.25, -0.2) is 0 Å². The van der Waals surface area contributed by atoms with Crippen LogP contribution in [-0.2, 0) is 42.9 Å². The molecule has 0 saturated carbocycles. The lowest BCUT2D eigenvalue weighted by molar-refractivity contribution is -0.142. The lowest BCUT2D eigenvalue weighted by Crippen LogP contribution is -2.38. The Morgan fingerprint density at radius 2 is 1.64 bits per heavy atom. The van der Waals surface area contributed by atoms with E-state index >= 15 is 0 Å². The van der Waals surface area contributed by atoms with Crippen molar-refractivity contribution < 1.29 is 44.6 Å². The summed E-state index contributed by atoms with van der Waals surface area (Å²) in [7, 11) is -8.11. The van der Waals surface area contributed by atoms with E-state index in [1.165, 1.54) is 0 Å². The van der Waals surface area contributed by atoms with Gasteiger partial charge in [-0.3, -0.25) is 13.2 Å². The van der Waals surface area contributed by atoms with E-state index in [4.69, 9.17) is 17.8 Å². The van der Waals surface area contributed by atoms with Crippen LogP contribution >= 0.6 is 0 Å². The number of esters is 1. The van der Waals surface area contributed by atoms with Gasteiger partial charge in [-0.15, -0.1) is 0 Å². The van der Waals surface area contributed by atoms with Gasteiger partial charge in [0.15, 0.2) is 6.29 Å². The average molecular weight is 445 g/mol. The van der Waals surface area contributed by atoms with Crippen LogP contribution in [0.4, 0.5) is 0 Å². The molecular formula is C16H28O10S2. The molecule has 3 atom stereocenters. The van der Waals surface area contributed by atoms with Crippen LogP contribution in [0.25, 0.3) is 0 Å². The van der Waals surface area contributed by atoms with E-state index in [2.05, 4.69) is 0 Å². The topological polar surface area (TPSA) is 142 Å². The standard InChI is InChI=1S/C16H28O10S2/c1-15(2)9-23-13(17)11(15)8-25-27(19,20)6-5-7-28(21,22)26-12-14(18)24-10-16(12,3)4/h11-12,14,18H,5-10H2,1-4H3. The van der Waals surface area contributed by atoms with E-state index in [0.29, 0.717) is 0 Å². The number of aliphatic hydroxyl groups excluding tert-OH is 1. The van der Waals surface area contributed by atoms with Gasteiger partial charge in [0.25, 0.3) is 20.2 Å². The third-order valence-electron chi connectivity index (χ3n) is 4.92. The lowest BCUT2D eigenvalue weighted by Gasteiger charge is -2.25. The molecule has 0 aromatic carbocycles. The average Bonchev–Trinajstić information content (AvgIpc) is 2.94. The first-order valence-corrected chi connectivity index (χ1v) is 12.1. The monoisotopic (exact) mass is 444 g/mol. The predicted molar refractivity (Wildman–Crippen MR) is 97.0 cm³/mol. The van der Waals surface area contributed by atoms with Gasteiger partial charge in [0, 0.05) is 10.8 Å². The fourth-order valence-corrected chi connectivity index (χ4v) is 5.36. The number of ether oxygens (including phenoxy) is 2. The van der Waals surface area contributed by atoms with Crippen molar-refractivity contribution in [3.63, 3.8) is 0 Å². The van der Waals surface area contributed by atoms with Crippen molar-refractivity contribution in [1.29, 1.82) is 0 Å². The third kappa shape index (κ3) is 5.86. The first-order chi connectivity index (χ1) is 12.7. The summed E-state index contributed by atoms with van der Waals surface area (Å²) in [5, 5.41) is 9.71. The Labute approximate surface area is 165 Å². The minimum absolute atomic E-state index is 0.135. The molecule has 0 aromatic rings. The van der Waals surface area contributed by atoms with Crippen molar-refractivity contribution in [3.8, 4) is 0 Å². The minimum Gasteiger partial charge on any atom is -0.465 e. The molecular weight excluding hydrogens is 416 g/mol. The highest BCUT2D eigenvalue weighted by molar-refractivity contribution is 7.87. The van der Waals surface area contributed by atoms with Gasteiger partial charge in [-0.2, -0.15) is 16.8 Å². The van der Waals surface area contributed by atoms with Gasteiger partial charge in [-0.05, 0) is 6.42 Å². The van der Waals surface area contributed by atoms with Gasteiger partial charge in [0.1, 0.15) is 6.10 Å². The smallest absolute Gasteiger partial charge is 0.312 e. The first-order valence-electron chi connectivity index (χ1n) is 8.90. The van der Waals surface area contributed by atoms with Crippen molar-refractivity contribution in [2.45, 2.75) is 46.5 Å². The van der Waals surface area contributed by atoms with E-state index in [9.17, 15) is 26.7 Å². The summed E-state index contributed by atoms with van der Waals surface area (Å²) in [5.41, 5.74) is -1.24. The maximum absolute atomic E-state index is 12.1. The van der Waals surface area contributed by atoms with Crippen molar-refractivity contribution in [2.75, 3.05) is 31.3 Å². The Hall–Kier alpha value is -0.790. The SMILES string of the molecule is CC1(C)COC(=O)C1COS(=O)(=O)CCCS(=O)(=O)OC1C(O)OCC1(C)C. The summed E-state index contributed by atoms with van der Waals surface area (Å²) in [6, 6.07) is 0. The van der Waals surface area contributed by atoms with Crippen LogP contribution in [0.5, 0.6) is 0 Å². The number of carbonyl (C=O) groups excluding carboxylic acids is 1. The van der Waals surface area contributed by atoms with Gasteiger partial charge < -0.3 is 14.6 Å². The maximum Gasteiger partial charge on any atom is 0.312 e. The van der Waals surface area contributed by atoms with Crippen LogP contribution in [0.2, 0.25) is 0 Å². The van der Waals surface area contributed by atoms with E-state index in [0.717, 1.165) is 0 Å². The molecule has 12 heteroatoms. The maximum atomic E-state index is 12.1. The van der Waals surface area contributed by atoms with Crippen LogP contribution < -0.4 is 0 Å². The number of aliphatic hydroxyl groups is 1. The molecule has 0 bridgehead atoms. The molecule has 2 aliphatic rings. The highest BCUT2D eigenvalue weighted by atomic mass is 32.2. The summed E-state index contributed by atoms with van der Waals surface area (Å²) in [6.07, 6.45) is -2.69. The zero-order chi connectivity index (χ0) is 21.4. The number of hydrogen-bond donors (Lipinski definition) is 1. The van der Waals surface area contributed by atoms with Crippen LogP contribution in [-0.4, -0.2) is 71.6 Å². The number of cyclic esters (lactones) is 1. The Balaban J connectivity index is 1.83. The van der Waals surface area contributed by atoms with E-state index in [1.807, 2.05) is 0 Å². The molecule has 2 fully saturated rings. The Morgan fingerprint density at radius 3 is 2.14 bits per heavy atom. The summed E-state index contributed by atoms with van der Waals surface area (Å²) < 4.78 is 68.1. The van der Waals surface area contributed by atoms with Gasteiger partial charge in [0.05, 0.1) is 37.2 Å². The molecule has 3 unspecified atom stereocenters. The second-order valence-corrected chi connectivity index (χ2v) is 12.0. The number of carbonyl (C=O) groups is 1. The van der Waals surface area contributed by atoms with E-state index in [-0.39, 0.29) is 26.2 Å². The van der Waals surface area contributed by atoms with Crippen LogP contribution in [0, 0.1) is 16.7 Å². The number of rotatable bonds is 9. The molecule has 0 amide bonds. The van der Waals surface area contributed by atoms with Crippen LogP contribution in [0.15, 0.2) is 0 Å². The molecule has 2 heterocycles. The van der Waals surface area contributed by atoms with Crippen LogP contribution in [0.3, 0.4) is 0 Å². The first kappa shape index (κ1) is 23.5. The van der Waals surface area contributed by atoms with Crippen molar-refractivity contribution in [1.82, 2.24) is 0 Å². The Kier molecular flexibility index (Phi) is 6.84. The van der Waals surface area contributed by atoms with Crippen molar-refractivity contribution >= 4 is 26.2 Å². The second-order valence-electron chi connectivity index (χ2n) is 8.52. The zero-order valence-electron chi connectivity index (χ0n) is 16.4. The molecule has 2 rings (SSSR count). The fourth-order valence-electron chi connectivity index (χ4n) is 2.95. The molecule has 0 radical (unpaired) electrons. The predicted octanol–water partition coefficient (Wildman–Crippen LogP) is 0.0119. The van der Waals surface area contributed by atoms with Gasteiger partial charge in [0.2, 0.25) is 0 Å². The fraction of sp³-hybridized carbons (Fsp3) is 0.938. The normalized spacial score (nSPS) is 29.8. The molecule has 28 heavy (non-hydrogen) atoms. The summed E-state index contributed by atoms with van der Waals surface area (Å²) in [5.74, 6) is -2.34. The van der Waals surface area contributed by atoms with Gasteiger partial charge in [-0.1, -0.05) is 27.7 Å². The summed E-state index contributed by atoms with van der Waals surface area (Å²) >= 11 is 0. The van der Waals surface area contributed by atoms with E-state index in [1.54, 1.807) is 27.7 Å². The molecule has 1 N–H and O–H groups in total. The molecule has 0 aromatic heterocycles. The van der Waals surface area contributed by atoms with E-state index < -0.39 is 66.9 Å². The Bertz CT molecular complexity index is 784.